The number of aliphatic carboxylic acids is 1. The number of nitrogens with two attached hydrogens (primary N) is 1. The van der Waals surface area contributed by atoms with Crippen LogP contribution < -0.4 is 10.5 Å². The highest BCUT2D eigenvalue weighted by atomic mass is 16.5. The van der Waals surface area contributed by atoms with Gasteiger partial charge in [-0.2, -0.15) is 0 Å². The first-order valence-corrected chi connectivity index (χ1v) is 22.3. The number of unbranched alkanes of at least 4 members (excludes halogenated alkanes) is 1. The Bertz CT molecular complexity index is 1680. The second-order valence-corrected chi connectivity index (χ2v) is 18.8. The molecule has 11 nitrogen and oxygen atoms in total. The van der Waals surface area contributed by atoms with Gasteiger partial charge < -0.3 is 40.2 Å². The zero-order valence-electron chi connectivity index (χ0n) is 37.8. The molecule has 4 aliphatic carbocycles. The van der Waals surface area contributed by atoms with Gasteiger partial charge in [-0.1, -0.05) is 66.5 Å². The first-order chi connectivity index (χ1) is 27.8. The fourth-order valence-electron chi connectivity index (χ4n) is 11.8. The molecule has 10 atom stereocenters. The van der Waals surface area contributed by atoms with Crippen molar-refractivity contribution in [3.05, 3.63) is 46.6 Å². The Labute approximate surface area is 354 Å². The van der Waals surface area contributed by atoms with Gasteiger partial charge in [0.2, 0.25) is 0 Å². The van der Waals surface area contributed by atoms with Crippen LogP contribution in [-0.2, 0) is 19.1 Å². The van der Waals surface area contributed by atoms with Crippen molar-refractivity contribution in [2.75, 3.05) is 38.6 Å². The summed E-state index contributed by atoms with van der Waals surface area (Å²) in [7, 11) is 0. The summed E-state index contributed by atoms with van der Waals surface area (Å²) in [5, 5.41) is 32.9. The molecule has 4 fully saturated rings. The average Bonchev–Trinajstić information content (AvgIpc) is 3.44. The van der Waals surface area contributed by atoms with Crippen molar-refractivity contribution < 1.29 is 43.9 Å². The molecule has 1 aromatic rings. The highest BCUT2D eigenvalue weighted by Gasteiger charge is 2.70. The van der Waals surface area contributed by atoms with E-state index in [1.807, 2.05) is 19.9 Å². The van der Waals surface area contributed by atoms with Crippen molar-refractivity contribution in [1.82, 2.24) is 4.90 Å². The number of hydrogen-bond acceptors (Lipinski definition) is 10. The van der Waals surface area contributed by atoms with Gasteiger partial charge in [0.1, 0.15) is 18.5 Å². The number of benzene rings is 1. The van der Waals surface area contributed by atoms with Crippen LogP contribution in [0.1, 0.15) is 144 Å². The minimum Gasteiger partial charge on any atom is -0.491 e. The summed E-state index contributed by atoms with van der Waals surface area (Å²) < 4.78 is 16.8. The molecular formula is C48H76N2O9. The molecule has 4 saturated carbocycles. The normalized spacial score (nSPS) is 33.0. The molecule has 332 valence electrons. The van der Waals surface area contributed by atoms with Crippen molar-refractivity contribution in [3.63, 3.8) is 0 Å². The number of nitrogen functional groups attached to an aromatic ring is 1. The SMILES string of the molecule is CC(=O)O[C@H]1C[C@@]2(C)[C@@H](C[C@@H](O)[C@H]3[C@@]4(C)CC[C@@H](O)[C@@H](C)[C@@H]4CC[C@@]32C)/C1=C(\CCC=C(C)C)C(=O)O.CCCCOc1cc(C(=O)OCCN(CC)CC)ccc1N. The summed E-state index contributed by atoms with van der Waals surface area (Å²) in [5.41, 5.74) is 8.44. The van der Waals surface area contributed by atoms with E-state index >= 15 is 0 Å². The van der Waals surface area contributed by atoms with E-state index < -0.39 is 24.1 Å². The first-order valence-electron chi connectivity index (χ1n) is 22.3. The maximum Gasteiger partial charge on any atom is 0.338 e. The van der Waals surface area contributed by atoms with Gasteiger partial charge in [-0.05, 0) is 148 Å². The van der Waals surface area contributed by atoms with Crippen molar-refractivity contribution in [2.45, 2.75) is 152 Å². The Morgan fingerprint density at radius 3 is 2.27 bits per heavy atom. The zero-order valence-corrected chi connectivity index (χ0v) is 37.8. The number of nitrogens with zero attached hydrogens (tertiary/aromatic N) is 1. The van der Waals surface area contributed by atoms with Gasteiger partial charge in [0.05, 0.1) is 30.1 Å². The molecular weight excluding hydrogens is 749 g/mol. The van der Waals surface area contributed by atoms with E-state index in [9.17, 15) is 29.7 Å². The van der Waals surface area contributed by atoms with Crippen LogP contribution in [0.4, 0.5) is 5.69 Å². The number of carboxylic acid groups (broad SMARTS) is 1. The molecule has 4 aliphatic rings. The van der Waals surface area contributed by atoms with E-state index in [0.29, 0.717) is 67.4 Å². The Kier molecular flexibility index (Phi) is 16.7. The van der Waals surface area contributed by atoms with Gasteiger partial charge in [-0.3, -0.25) is 4.79 Å². The number of allylic oxidation sites excluding steroid dienone is 2. The van der Waals surface area contributed by atoms with Crippen molar-refractivity contribution >= 4 is 23.6 Å². The lowest BCUT2D eigenvalue weighted by Crippen LogP contribution is -2.65. The van der Waals surface area contributed by atoms with Crippen molar-refractivity contribution in [2.24, 2.45) is 39.9 Å². The molecule has 1 aromatic carbocycles. The summed E-state index contributed by atoms with van der Waals surface area (Å²) in [6.45, 7) is 24.4. The van der Waals surface area contributed by atoms with Crippen LogP contribution in [0.5, 0.6) is 5.75 Å². The lowest BCUT2D eigenvalue weighted by atomic mass is 9.36. The van der Waals surface area contributed by atoms with Crippen LogP contribution >= 0.6 is 0 Å². The highest BCUT2D eigenvalue weighted by Crippen LogP contribution is 2.74. The first kappa shape index (κ1) is 48.3. The lowest BCUT2D eigenvalue weighted by molar-refractivity contribution is -0.234. The minimum atomic E-state index is -0.953. The molecule has 0 saturated heterocycles. The third-order valence-electron chi connectivity index (χ3n) is 15.1. The van der Waals surface area contributed by atoms with E-state index in [2.05, 4.69) is 53.4 Å². The van der Waals surface area contributed by atoms with Gasteiger partial charge in [0, 0.05) is 19.0 Å². The van der Waals surface area contributed by atoms with Gasteiger partial charge in [-0.15, -0.1) is 0 Å². The zero-order chi connectivity index (χ0) is 43.9. The number of aliphatic hydroxyl groups is 2. The van der Waals surface area contributed by atoms with Crippen molar-refractivity contribution in [3.8, 4) is 5.75 Å². The molecule has 0 aliphatic heterocycles. The van der Waals surface area contributed by atoms with E-state index in [1.165, 1.54) is 6.92 Å². The van der Waals surface area contributed by atoms with Crippen LogP contribution in [0.2, 0.25) is 0 Å². The van der Waals surface area contributed by atoms with Gasteiger partial charge in [0.15, 0.2) is 0 Å². The molecule has 5 N–H and O–H groups in total. The van der Waals surface area contributed by atoms with E-state index in [1.54, 1.807) is 18.2 Å². The molecule has 0 radical (unpaired) electrons. The Morgan fingerprint density at radius 2 is 1.66 bits per heavy atom. The van der Waals surface area contributed by atoms with Crippen LogP contribution in [0, 0.1) is 39.9 Å². The summed E-state index contributed by atoms with van der Waals surface area (Å²) >= 11 is 0. The number of anilines is 1. The molecule has 59 heavy (non-hydrogen) atoms. The van der Waals surface area contributed by atoms with Crippen molar-refractivity contribution in [1.29, 1.82) is 0 Å². The summed E-state index contributed by atoms with van der Waals surface area (Å²) in [6, 6.07) is 5.01. The number of esters is 2. The second-order valence-electron chi connectivity index (χ2n) is 18.8. The number of aliphatic hydroxyl groups excluding tert-OH is 2. The lowest BCUT2D eigenvalue weighted by Gasteiger charge is -2.69. The van der Waals surface area contributed by atoms with E-state index in [0.717, 1.165) is 69.3 Å². The predicted molar refractivity (Wildman–Crippen MR) is 232 cm³/mol. The van der Waals surface area contributed by atoms with Gasteiger partial charge in [-0.25, -0.2) is 9.59 Å². The number of hydrogen-bond donors (Lipinski definition) is 4. The van der Waals surface area contributed by atoms with E-state index in [-0.39, 0.29) is 46.1 Å². The number of rotatable bonds is 15. The molecule has 0 heterocycles. The maximum atomic E-state index is 12.6. The van der Waals surface area contributed by atoms with Crippen LogP contribution in [-0.4, -0.2) is 89.3 Å². The molecule has 0 spiro atoms. The summed E-state index contributed by atoms with van der Waals surface area (Å²) in [5.74, 6) is -0.702. The number of carbonyl (C=O) groups is 3. The fraction of sp³-hybridized carbons (Fsp3) is 0.729. The average molecular weight is 825 g/mol. The Balaban J connectivity index is 0.000000299. The molecule has 11 heteroatoms. The number of carboxylic acids is 1. The standard InChI is InChI=1S/C31H48O6.C17H28N2O3/c1-17(2)9-8-10-20(28(35)36)26-22-15-24(34)27-29(5)13-12-23(33)18(3)21(29)11-14-30(27,6)31(22,7)16-25(26)37-19(4)32;1-4-7-11-21-16-13-14(8-9-15(16)18)17(20)22-12-10-19(5-2)6-3/h9,18,21-25,27,33-34H,8,10-16H2,1-7H3,(H,35,36);8-9,13H,4-7,10-12,18H2,1-3H3/b26-20-;/t18-,21-,22-,23+,24+,25-,27-,29-,30-,31-;/m0./s1. The monoisotopic (exact) mass is 825 g/mol. The molecule has 0 unspecified atom stereocenters. The van der Waals surface area contributed by atoms with Crippen LogP contribution in [0.15, 0.2) is 41.0 Å². The Morgan fingerprint density at radius 1 is 0.966 bits per heavy atom. The second kappa shape index (κ2) is 20.4. The largest absolute Gasteiger partial charge is 0.491 e. The van der Waals surface area contributed by atoms with Crippen LogP contribution in [0.25, 0.3) is 0 Å². The van der Waals surface area contributed by atoms with E-state index in [4.69, 9.17) is 19.9 Å². The molecule has 0 bridgehead atoms. The smallest absolute Gasteiger partial charge is 0.338 e. The number of carbonyl (C=O) groups excluding carboxylic acids is 2. The highest BCUT2D eigenvalue weighted by molar-refractivity contribution is 5.90. The Hall–Kier alpha value is -3.41. The predicted octanol–water partition coefficient (Wildman–Crippen LogP) is 8.61. The number of ether oxygens (including phenoxy) is 3. The van der Waals surface area contributed by atoms with Gasteiger partial charge in [0.25, 0.3) is 0 Å². The molecule has 0 amide bonds. The van der Waals surface area contributed by atoms with Crippen LogP contribution in [0.3, 0.4) is 0 Å². The number of fused-ring (bicyclic) bond motifs is 5. The molecule has 5 rings (SSSR count). The third-order valence-corrected chi connectivity index (χ3v) is 15.1. The maximum absolute atomic E-state index is 12.6. The molecule has 0 aromatic heterocycles. The summed E-state index contributed by atoms with van der Waals surface area (Å²) in [6.07, 6.45) is 8.23. The number of likely N-dealkylation sites (N-methyl/N-ethyl adjacent to an activating group) is 1. The minimum absolute atomic E-state index is 0.0474. The third kappa shape index (κ3) is 10.4. The van der Waals surface area contributed by atoms with Gasteiger partial charge >= 0.3 is 17.9 Å². The quantitative estimate of drug-likeness (QED) is 0.0439. The topological polar surface area (TPSA) is 169 Å². The fourth-order valence-corrected chi connectivity index (χ4v) is 11.8. The summed E-state index contributed by atoms with van der Waals surface area (Å²) in [4.78, 5) is 39.1.